The molecule has 0 aromatic heterocycles. The van der Waals surface area contributed by atoms with Gasteiger partial charge in [0.2, 0.25) is 0 Å². The van der Waals surface area contributed by atoms with Crippen LogP contribution in [0.25, 0.3) is 0 Å². The fourth-order valence-electron chi connectivity index (χ4n) is 4.50. The van der Waals surface area contributed by atoms with E-state index >= 15 is 0 Å². The second-order valence-corrected chi connectivity index (χ2v) is 44.8. The van der Waals surface area contributed by atoms with Crippen molar-refractivity contribution in [1.29, 1.82) is 0 Å². The van der Waals surface area contributed by atoms with E-state index in [9.17, 15) is 0 Å². The van der Waals surface area contributed by atoms with E-state index in [4.69, 9.17) is 13.3 Å². The van der Waals surface area contributed by atoms with Crippen LogP contribution in [0.15, 0.2) is 12.3 Å². The van der Waals surface area contributed by atoms with Crippen molar-refractivity contribution in [2.24, 2.45) is 0 Å². The van der Waals surface area contributed by atoms with Gasteiger partial charge >= 0.3 is 281 Å². The van der Waals surface area contributed by atoms with Crippen molar-refractivity contribution >= 4 is 43.6 Å². The molecule has 2 atom stereocenters. The van der Waals surface area contributed by atoms with Crippen molar-refractivity contribution in [3.05, 3.63) is 12.3 Å². The van der Waals surface area contributed by atoms with Crippen molar-refractivity contribution < 1.29 is 13.3 Å². The first-order chi connectivity index (χ1) is 19.3. The van der Waals surface area contributed by atoms with Gasteiger partial charge < -0.3 is 0 Å². The SMILES string of the molecule is CCC[CH2][Sn]([CH2]CCC)([CH2]CCC)[NH]C[C@@H](O[Si](C)(C)C(C)(C)C)[C@H](/C=C/O[Si](C)(C)C(C)(C)C)O[Si](C)(C)C(C)(C)C. The topological polar surface area (TPSA) is 39.7 Å². The average molecular weight is 765 g/mol. The van der Waals surface area contributed by atoms with Crippen LogP contribution in [0.4, 0.5) is 0 Å². The normalized spacial score (nSPS) is 16.1. The first kappa shape index (κ1) is 43.9. The Morgan fingerprint density at radius 3 is 1.33 bits per heavy atom. The van der Waals surface area contributed by atoms with Crippen molar-refractivity contribution in [2.75, 3.05) is 6.54 Å². The molecule has 0 heterocycles. The van der Waals surface area contributed by atoms with Crippen LogP contribution in [0.2, 0.25) is 67.7 Å². The van der Waals surface area contributed by atoms with Gasteiger partial charge in [0.25, 0.3) is 0 Å². The zero-order valence-electron chi connectivity index (χ0n) is 32.6. The van der Waals surface area contributed by atoms with E-state index in [0.29, 0.717) is 0 Å². The van der Waals surface area contributed by atoms with Gasteiger partial charge in [0.15, 0.2) is 0 Å². The van der Waals surface area contributed by atoms with Crippen molar-refractivity contribution in [3.8, 4) is 0 Å². The zero-order valence-corrected chi connectivity index (χ0v) is 38.5. The van der Waals surface area contributed by atoms with Crippen LogP contribution in [0.3, 0.4) is 0 Å². The third-order valence-corrected chi connectivity index (χ3v) is 38.3. The Morgan fingerprint density at radius 2 is 0.977 bits per heavy atom. The van der Waals surface area contributed by atoms with Gasteiger partial charge in [-0.2, -0.15) is 0 Å². The number of nitrogens with one attached hydrogen (secondary N) is 1. The summed E-state index contributed by atoms with van der Waals surface area (Å²) in [7, 11) is -6.11. The Kier molecular flexibility index (Phi) is 18.2. The summed E-state index contributed by atoms with van der Waals surface area (Å²) in [4.78, 5) is 0. The molecule has 0 aromatic rings. The van der Waals surface area contributed by atoms with E-state index in [2.05, 4.69) is 132 Å². The summed E-state index contributed by atoms with van der Waals surface area (Å²) in [5.74, 6) is 0. The molecule has 258 valence electrons. The van der Waals surface area contributed by atoms with Gasteiger partial charge in [0, 0.05) is 0 Å². The second kappa shape index (κ2) is 17.9. The quantitative estimate of drug-likeness (QED) is 0.0990. The van der Waals surface area contributed by atoms with E-state index in [1.54, 1.807) is 0 Å². The molecule has 0 spiro atoms. The molecule has 0 saturated carbocycles. The summed E-state index contributed by atoms with van der Waals surface area (Å²) in [6, 6.07) is 0. The van der Waals surface area contributed by atoms with Crippen LogP contribution in [0.5, 0.6) is 0 Å². The van der Waals surface area contributed by atoms with E-state index in [-0.39, 0.29) is 27.3 Å². The first-order valence-electron chi connectivity index (χ1n) is 17.8. The molecule has 0 bridgehead atoms. The summed E-state index contributed by atoms with van der Waals surface area (Å²) in [5, 5.41) is 0.388. The fraction of sp³-hybridized carbons (Fsp3) is 0.943. The fourth-order valence-corrected chi connectivity index (χ4v) is 22.2. The molecule has 0 saturated heterocycles. The molecule has 0 aromatic carbocycles. The maximum atomic E-state index is 7.39. The molecule has 0 unspecified atom stereocenters. The standard InChI is InChI=1S/C23H52NO3Si3.3C4H9.Sn/c1-21(2,3)28(10,11)25-17-16-19(26-29(12,13)22(4,5)6)20(18-24)27-30(14,15)23(7,8)9;3*1-3-4-2;/h16-17,19-20,24H,18H2,1-15H3;3*1,3-4H2,2H3;/q-1;;;;+1/b17-16+;;;;/t19-,20+;;;;/m0..../s1. The first-order valence-corrected chi connectivity index (χ1v) is 34.0. The Labute approximate surface area is 279 Å². The Bertz CT molecular complexity index is 789. The Morgan fingerprint density at radius 1 is 0.605 bits per heavy atom. The zero-order chi connectivity index (χ0) is 34.0. The van der Waals surface area contributed by atoms with Gasteiger partial charge in [-0.25, -0.2) is 0 Å². The van der Waals surface area contributed by atoms with Crippen LogP contribution >= 0.6 is 0 Å². The summed E-state index contributed by atoms with van der Waals surface area (Å²) in [5.41, 5.74) is 0. The Hall–Kier alpha value is 0.869. The molecular formula is C35H79NO3Si3Sn. The van der Waals surface area contributed by atoms with Gasteiger partial charge in [-0.15, -0.1) is 0 Å². The molecule has 1 N–H and O–H groups in total. The molecule has 0 fully saturated rings. The summed E-state index contributed by atoms with van der Waals surface area (Å²) in [6.45, 7) is 43.2. The molecule has 0 aliphatic carbocycles. The minimum atomic E-state index is -2.61. The number of rotatable bonds is 20. The van der Waals surface area contributed by atoms with Crippen LogP contribution in [-0.4, -0.2) is 62.4 Å². The second-order valence-electron chi connectivity index (χ2n) is 17.9. The van der Waals surface area contributed by atoms with Gasteiger partial charge in [0.05, 0.1) is 0 Å². The molecule has 0 amide bonds. The third kappa shape index (κ3) is 14.7. The van der Waals surface area contributed by atoms with Crippen LogP contribution in [0, 0.1) is 0 Å². The number of hydrogen-bond donors (Lipinski definition) is 1. The molecule has 0 aliphatic rings. The van der Waals surface area contributed by atoms with Crippen LogP contribution < -0.4 is 3.54 Å². The average Bonchev–Trinajstić information content (AvgIpc) is 2.84. The molecule has 0 radical (unpaired) electrons. The van der Waals surface area contributed by atoms with E-state index in [0.717, 1.165) is 6.54 Å². The number of hydrogen-bond acceptors (Lipinski definition) is 4. The molecule has 4 nitrogen and oxygen atoms in total. The minimum absolute atomic E-state index is 0.0322. The predicted molar refractivity (Wildman–Crippen MR) is 204 cm³/mol. The van der Waals surface area contributed by atoms with Gasteiger partial charge in [-0.3, -0.25) is 0 Å². The molecule has 43 heavy (non-hydrogen) atoms. The predicted octanol–water partition coefficient (Wildman–Crippen LogP) is 12.2. The molecule has 0 aliphatic heterocycles. The molecule has 8 heteroatoms. The summed E-state index contributed by atoms with van der Waals surface area (Å²) in [6.07, 6.45) is 12.0. The van der Waals surface area contributed by atoms with E-state index in [1.165, 1.54) is 51.8 Å². The molecular weight excluding hydrogens is 685 g/mol. The third-order valence-electron chi connectivity index (χ3n) is 11.0. The van der Waals surface area contributed by atoms with Crippen LogP contribution in [0.1, 0.15) is 122 Å². The number of unbranched alkanes of at least 4 members (excludes halogenated alkanes) is 3. The van der Waals surface area contributed by atoms with E-state index < -0.39 is 43.6 Å². The summed E-state index contributed by atoms with van der Waals surface area (Å²) >= 11 is -2.61. The van der Waals surface area contributed by atoms with Gasteiger partial charge in [-0.1, -0.05) is 0 Å². The van der Waals surface area contributed by atoms with Crippen molar-refractivity contribution in [1.82, 2.24) is 3.54 Å². The van der Waals surface area contributed by atoms with E-state index in [1.807, 2.05) is 6.26 Å². The maximum absolute atomic E-state index is 7.39. The molecule has 0 rings (SSSR count). The van der Waals surface area contributed by atoms with Crippen molar-refractivity contribution in [2.45, 2.75) is 202 Å². The summed E-state index contributed by atoms with van der Waals surface area (Å²) < 4.78 is 30.1. The van der Waals surface area contributed by atoms with Gasteiger partial charge in [0.1, 0.15) is 0 Å². The van der Waals surface area contributed by atoms with Crippen LogP contribution in [-0.2, 0) is 13.3 Å². The van der Waals surface area contributed by atoms with Gasteiger partial charge in [-0.05, 0) is 0 Å². The van der Waals surface area contributed by atoms with Crippen molar-refractivity contribution in [3.63, 3.8) is 0 Å². The monoisotopic (exact) mass is 765 g/mol. The Balaban J connectivity index is 6.86.